The van der Waals surface area contributed by atoms with E-state index in [1.807, 2.05) is 25.1 Å². The molecule has 5 nitrogen and oxygen atoms in total. The fourth-order valence-corrected chi connectivity index (χ4v) is 1.62. The first-order chi connectivity index (χ1) is 9.63. The lowest BCUT2D eigenvalue weighted by Crippen LogP contribution is -2.41. The minimum atomic E-state index is -0.0670. The summed E-state index contributed by atoms with van der Waals surface area (Å²) in [4.78, 5) is 16.2. The molecule has 3 N–H and O–H groups in total. The maximum Gasteiger partial charge on any atom is 0.251 e. The molecule has 0 aliphatic rings. The van der Waals surface area contributed by atoms with Gasteiger partial charge in [0.25, 0.3) is 5.91 Å². The highest BCUT2D eigenvalue weighted by molar-refractivity contribution is 5.94. The molecule has 1 aromatic carbocycles. The zero-order chi connectivity index (χ0) is 14.8. The molecule has 0 atom stereocenters. The van der Waals surface area contributed by atoms with Crippen LogP contribution in [0.3, 0.4) is 0 Å². The molecule has 110 valence electrons. The second-order valence-electron chi connectivity index (χ2n) is 4.68. The molecule has 1 rings (SSSR count). The molecule has 0 saturated carbocycles. The number of carbonyl (C=O) groups is 1. The van der Waals surface area contributed by atoms with Gasteiger partial charge < -0.3 is 16.0 Å². The Hall–Kier alpha value is -2.04. The predicted octanol–water partition coefficient (Wildman–Crippen LogP) is 1.38. The number of hydrogen-bond acceptors (Lipinski definition) is 2. The Morgan fingerprint density at radius 1 is 1.20 bits per heavy atom. The molecule has 0 heterocycles. The maximum absolute atomic E-state index is 11.8. The Balaban J connectivity index is 2.37. The van der Waals surface area contributed by atoms with E-state index in [0.717, 1.165) is 12.5 Å². The number of benzene rings is 1. The third-order valence-electron chi connectivity index (χ3n) is 2.47. The topological polar surface area (TPSA) is 65.5 Å². The molecule has 0 aliphatic carbocycles. The van der Waals surface area contributed by atoms with Crippen molar-refractivity contribution in [3.8, 4) is 0 Å². The Labute approximate surface area is 120 Å². The van der Waals surface area contributed by atoms with Gasteiger partial charge in [-0.2, -0.15) is 0 Å². The Morgan fingerprint density at radius 2 is 1.90 bits per heavy atom. The van der Waals surface area contributed by atoms with E-state index in [1.54, 1.807) is 12.1 Å². The van der Waals surface area contributed by atoms with Crippen LogP contribution in [-0.4, -0.2) is 37.5 Å². The molecule has 20 heavy (non-hydrogen) atoms. The van der Waals surface area contributed by atoms with Crippen molar-refractivity contribution in [2.24, 2.45) is 4.99 Å². The molecule has 0 spiro atoms. The van der Waals surface area contributed by atoms with Crippen LogP contribution in [0.4, 0.5) is 0 Å². The zero-order valence-electron chi connectivity index (χ0n) is 12.4. The summed E-state index contributed by atoms with van der Waals surface area (Å²) >= 11 is 0. The van der Waals surface area contributed by atoms with Gasteiger partial charge in [0.15, 0.2) is 5.96 Å². The number of amides is 1. The first kappa shape index (κ1) is 16.0. The number of nitrogens with one attached hydrogen (secondary N) is 3. The van der Waals surface area contributed by atoms with Gasteiger partial charge in [0.2, 0.25) is 0 Å². The molecule has 5 heteroatoms. The van der Waals surface area contributed by atoms with Crippen molar-refractivity contribution in [1.82, 2.24) is 16.0 Å². The highest BCUT2D eigenvalue weighted by Gasteiger charge is 2.03. The van der Waals surface area contributed by atoms with E-state index in [9.17, 15) is 4.79 Å². The smallest absolute Gasteiger partial charge is 0.251 e. The monoisotopic (exact) mass is 276 g/mol. The van der Waals surface area contributed by atoms with Crippen LogP contribution >= 0.6 is 0 Å². The molecule has 0 saturated heterocycles. The van der Waals surface area contributed by atoms with E-state index in [4.69, 9.17) is 0 Å². The molecule has 0 bridgehead atoms. The van der Waals surface area contributed by atoms with Crippen LogP contribution in [-0.2, 0) is 0 Å². The van der Waals surface area contributed by atoms with Crippen LogP contribution in [0.2, 0.25) is 0 Å². The second-order valence-corrected chi connectivity index (χ2v) is 4.68. The summed E-state index contributed by atoms with van der Waals surface area (Å²) in [5.74, 6) is 0.707. The Bertz CT molecular complexity index is 429. The molecular weight excluding hydrogens is 252 g/mol. The average Bonchev–Trinajstić information content (AvgIpc) is 2.44. The van der Waals surface area contributed by atoms with Crippen LogP contribution in [0.25, 0.3) is 0 Å². The van der Waals surface area contributed by atoms with Crippen LogP contribution < -0.4 is 16.0 Å². The lowest BCUT2D eigenvalue weighted by Gasteiger charge is -2.14. The van der Waals surface area contributed by atoms with Crippen LogP contribution in [0, 0.1) is 0 Å². The second kappa shape index (κ2) is 8.96. The Kier molecular flexibility index (Phi) is 7.17. The lowest BCUT2D eigenvalue weighted by atomic mass is 10.2. The summed E-state index contributed by atoms with van der Waals surface area (Å²) in [6, 6.07) is 9.51. The van der Waals surface area contributed by atoms with Gasteiger partial charge in [-0.3, -0.25) is 9.79 Å². The Morgan fingerprint density at radius 3 is 2.50 bits per heavy atom. The molecule has 0 aromatic heterocycles. The quantitative estimate of drug-likeness (QED) is 0.418. The van der Waals surface area contributed by atoms with Gasteiger partial charge in [-0.1, -0.05) is 18.2 Å². The summed E-state index contributed by atoms with van der Waals surface area (Å²) in [5, 5.41) is 9.23. The minimum absolute atomic E-state index is 0.0670. The molecule has 0 unspecified atom stereocenters. The fourth-order valence-electron chi connectivity index (χ4n) is 1.62. The van der Waals surface area contributed by atoms with Gasteiger partial charge in [-0.25, -0.2) is 0 Å². The number of rotatable bonds is 6. The van der Waals surface area contributed by atoms with E-state index < -0.39 is 0 Å². The molecule has 0 aliphatic heterocycles. The van der Waals surface area contributed by atoms with E-state index in [1.165, 1.54) is 0 Å². The standard InChI is InChI=1S/C15H24N4O/c1-4-16-15(19-12(2)3)18-11-10-17-14(20)13-8-6-5-7-9-13/h5-9,12H,4,10-11H2,1-3H3,(H,17,20)(H2,16,18,19). The summed E-state index contributed by atoms with van der Waals surface area (Å²) in [6.45, 7) is 8.01. The van der Waals surface area contributed by atoms with E-state index in [2.05, 4.69) is 34.8 Å². The number of carbonyl (C=O) groups excluding carboxylic acids is 1. The van der Waals surface area contributed by atoms with Gasteiger partial charge in [0.05, 0.1) is 6.54 Å². The van der Waals surface area contributed by atoms with Crippen LogP contribution in [0.15, 0.2) is 35.3 Å². The summed E-state index contributed by atoms with van der Waals surface area (Å²) in [7, 11) is 0. The molecule has 1 aromatic rings. The van der Waals surface area contributed by atoms with Crippen molar-refractivity contribution < 1.29 is 4.79 Å². The molecular formula is C15H24N4O. The zero-order valence-corrected chi connectivity index (χ0v) is 12.4. The normalized spacial score (nSPS) is 11.3. The van der Waals surface area contributed by atoms with Gasteiger partial charge in [-0.15, -0.1) is 0 Å². The van der Waals surface area contributed by atoms with Gasteiger partial charge in [-0.05, 0) is 32.9 Å². The first-order valence-corrected chi connectivity index (χ1v) is 7.01. The highest BCUT2D eigenvalue weighted by Crippen LogP contribution is 1.97. The minimum Gasteiger partial charge on any atom is -0.357 e. The van der Waals surface area contributed by atoms with Crippen molar-refractivity contribution in [3.05, 3.63) is 35.9 Å². The number of nitrogens with zero attached hydrogens (tertiary/aromatic N) is 1. The van der Waals surface area contributed by atoms with Crippen molar-refractivity contribution in [2.75, 3.05) is 19.6 Å². The average molecular weight is 276 g/mol. The largest absolute Gasteiger partial charge is 0.357 e. The summed E-state index contributed by atoms with van der Waals surface area (Å²) < 4.78 is 0. The third-order valence-corrected chi connectivity index (χ3v) is 2.47. The van der Waals surface area contributed by atoms with Crippen LogP contribution in [0.1, 0.15) is 31.1 Å². The van der Waals surface area contributed by atoms with E-state index in [-0.39, 0.29) is 5.91 Å². The van der Waals surface area contributed by atoms with Crippen molar-refractivity contribution in [3.63, 3.8) is 0 Å². The lowest BCUT2D eigenvalue weighted by molar-refractivity contribution is 0.0955. The van der Waals surface area contributed by atoms with Gasteiger partial charge in [0, 0.05) is 24.7 Å². The summed E-state index contributed by atoms with van der Waals surface area (Å²) in [6.07, 6.45) is 0. The van der Waals surface area contributed by atoms with Crippen LogP contribution in [0.5, 0.6) is 0 Å². The van der Waals surface area contributed by atoms with Gasteiger partial charge >= 0.3 is 0 Å². The maximum atomic E-state index is 11.8. The van der Waals surface area contributed by atoms with E-state index in [0.29, 0.717) is 24.7 Å². The number of aliphatic imine (C=N–C) groups is 1. The molecule has 0 radical (unpaired) electrons. The number of guanidine groups is 1. The highest BCUT2D eigenvalue weighted by atomic mass is 16.1. The molecule has 1 amide bonds. The fraction of sp³-hybridized carbons (Fsp3) is 0.467. The number of hydrogen-bond donors (Lipinski definition) is 3. The third kappa shape index (κ3) is 6.22. The SMILES string of the molecule is CCNC(=NCCNC(=O)c1ccccc1)NC(C)C. The van der Waals surface area contributed by atoms with Crippen molar-refractivity contribution in [1.29, 1.82) is 0 Å². The van der Waals surface area contributed by atoms with Crippen molar-refractivity contribution in [2.45, 2.75) is 26.8 Å². The molecule has 0 fully saturated rings. The van der Waals surface area contributed by atoms with Crippen molar-refractivity contribution >= 4 is 11.9 Å². The first-order valence-electron chi connectivity index (χ1n) is 7.01. The summed E-state index contributed by atoms with van der Waals surface area (Å²) in [5.41, 5.74) is 0.670. The predicted molar refractivity (Wildman–Crippen MR) is 83.0 cm³/mol. The van der Waals surface area contributed by atoms with E-state index >= 15 is 0 Å². The van der Waals surface area contributed by atoms with Gasteiger partial charge in [0.1, 0.15) is 0 Å².